The number of carbonyl (C=O) groups is 2. The van der Waals surface area contributed by atoms with Gasteiger partial charge in [0.1, 0.15) is 5.92 Å². The number of fused-ring (bicyclic) bond motifs is 1. The Kier molecular flexibility index (Phi) is 5.42. The molecule has 2 aliphatic heterocycles. The number of nitro groups is 2. The van der Waals surface area contributed by atoms with Gasteiger partial charge in [-0.1, -0.05) is 29.8 Å². The van der Waals surface area contributed by atoms with Gasteiger partial charge in [-0.2, -0.15) is 0 Å². The quantitative estimate of drug-likeness (QED) is 0.292. The van der Waals surface area contributed by atoms with Crippen molar-refractivity contribution >= 4 is 46.2 Å². The lowest BCUT2D eigenvalue weighted by atomic mass is 9.90. The van der Waals surface area contributed by atoms with Gasteiger partial charge in [-0.25, -0.2) is 9.96 Å². The van der Waals surface area contributed by atoms with Crippen LogP contribution in [0.2, 0.25) is 5.02 Å². The zero-order valence-corrected chi connectivity index (χ0v) is 18.4. The van der Waals surface area contributed by atoms with Gasteiger partial charge in [0.05, 0.1) is 27.3 Å². The summed E-state index contributed by atoms with van der Waals surface area (Å²) in [6.45, 7) is 0. The summed E-state index contributed by atoms with van der Waals surface area (Å²) in [5.74, 6) is -2.26. The van der Waals surface area contributed by atoms with Gasteiger partial charge in [0.15, 0.2) is 6.10 Å². The summed E-state index contributed by atoms with van der Waals surface area (Å²) in [6.07, 6.45) is -1.20. The fourth-order valence-corrected chi connectivity index (χ4v) is 4.48. The fourth-order valence-electron chi connectivity index (χ4n) is 4.36. The molecule has 3 aromatic rings. The Labute approximate surface area is 202 Å². The van der Waals surface area contributed by atoms with Gasteiger partial charge >= 0.3 is 0 Å². The number of imide groups is 1. The second-order valence-electron chi connectivity index (χ2n) is 7.94. The number of nitro benzene ring substituents is 2. The van der Waals surface area contributed by atoms with Gasteiger partial charge < -0.3 is 0 Å². The predicted molar refractivity (Wildman–Crippen MR) is 124 cm³/mol. The minimum Gasteiger partial charge on any atom is -0.273 e. The summed E-state index contributed by atoms with van der Waals surface area (Å²) < 4.78 is 0. The van der Waals surface area contributed by atoms with Crippen molar-refractivity contribution in [2.75, 3.05) is 9.96 Å². The lowest BCUT2D eigenvalue weighted by molar-refractivity contribution is -0.385. The van der Waals surface area contributed by atoms with E-state index in [1.165, 1.54) is 47.5 Å². The molecule has 12 heteroatoms. The fraction of sp³-hybridized carbons (Fsp3) is 0.130. The van der Waals surface area contributed by atoms with Crippen molar-refractivity contribution in [3.05, 3.63) is 104 Å². The SMILES string of the molecule is O=C1[C@H]2[C@@H](ON(c3ccc(Cl)cc3)[C@H]2c2ccc([N+](=O)[O-])cc2)C(=O)N1c1cccc([N+](=O)[O-])c1. The van der Waals surface area contributed by atoms with Gasteiger partial charge in [0.25, 0.3) is 17.3 Å². The number of anilines is 2. The van der Waals surface area contributed by atoms with Gasteiger partial charge in [-0.3, -0.25) is 34.7 Å². The van der Waals surface area contributed by atoms with Crippen molar-refractivity contribution in [1.82, 2.24) is 0 Å². The van der Waals surface area contributed by atoms with Crippen LogP contribution in [0.1, 0.15) is 11.6 Å². The molecule has 5 rings (SSSR count). The molecule has 35 heavy (non-hydrogen) atoms. The first-order chi connectivity index (χ1) is 16.8. The number of non-ortho nitro benzene ring substituents is 2. The number of hydrogen-bond acceptors (Lipinski definition) is 8. The molecule has 0 N–H and O–H groups in total. The highest BCUT2D eigenvalue weighted by Crippen LogP contribution is 2.48. The Hall–Kier alpha value is -4.35. The number of carbonyl (C=O) groups excluding carboxylic acids is 2. The molecule has 3 atom stereocenters. The van der Waals surface area contributed by atoms with Gasteiger partial charge in [0, 0.05) is 29.3 Å². The molecule has 0 unspecified atom stereocenters. The van der Waals surface area contributed by atoms with E-state index in [2.05, 4.69) is 0 Å². The van der Waals surface area contributed by atoms with E-state index in [0.717, 1.165) is 11.0 Å². The standard InChI is InChI=1S/C23H15ClN4O7/c24-14-6-10-15(11-7-14)26-20(13-4-8-16(9-5-13)27(31)32)19-21(35-26)23(30)25(22(19)29)17-2-1-3-18(12-17)28(33)34/h1-12,19-21H/t19-,20+,21-/m1/s1. The zero-order chi connectivity index (χ0) is 24.9. The summed E-state index contributed by atoms with van der Waals surface area (Å²) >= 11 is 6.00. The van der Waals surface area contributed by atoms with Crippen molar-refractivity contribution in [1.29, 1.82) is 0 Å². The van der Waals surface area contributed by atoms with Crippen LogP contribution in [0.5, 0.6) is 0 Å². The lowest BCUT2D eigenvalue weighted by Crippen LogP contribution is -2.37. The van der Waals surface area contributed by atoms with Crippen LogP contribution in [0, 0.1) is 26.1 Å². The highest BCUT2D eigenvalue weighted by molar-refractivity contribution is 6.30. The summed E-state index contributed by atoms with van der Waals surface area (Å²) in [6, 6.07) is 16.6. The zero-order valence-electron chi connectivity index (χ0n) is 17.7. The van der Waals surface area contributed by atoms with E-state index >= 15 is 0 Å². The summed E-state index contributed by atoms with van der Waals surface area (Å²) in [7, 11) is 0. The van der Waals surface area contributed by atoms with E-state index in [4.69, 9.17) is 16.4 Å². The number of hydroxylamine groups is 1. The molecule has 0 radical (unpaired) electrons. The van der Waals surface area contributed by atoms with Crippen LogP contribution in [0.4, 0.5) is 22.7 Å². The van der Waals surface area contributed by atoms with Crippen LogP contribution in [0.25, 0.3) is 0 Å². The Morgan fingerprint density at radius 2 is 1.46 bits per heavy atom. The number of rotatable bonds is 5. The molecule has 3 aromatic carbocycles. The highest BCUT2D eigenvalue weighted by atomic mass is 35.5. The van der Waals surface area contributed by atoms with E-state index in [0.29, 0.717) is 16.3 Å². The molecule has 0 spiro atoms. The maximum Gasteiger partial charge on any atom is 0.271 e. The molecule has 176 valence electrons. The average Bonchev–Trinajstić information content (AvgIpc) is 3.35. The van der Waals surface area contributed by atoms with Crippen molar-refractivity contribution in [2.45, 2.75) is 12.1 Å². The predicted octanol–water partition coefficient (Wildman–Crippen LogP) is 4.21. The third kappa shape index (κ3) is 3.76. The van der Waals surface area contributed by atoms with Gasteiger partial charge in [-0.05, 0) is 35.9 Å². The highest BCUT2D eigenvalue weighted by Gasteiger charge is 2.60. The normalized spacial score (nSPS) is 21.3. The molecule has 2 fully saturated rings. The minimum absolute atomic E-state index is 0.0627. The first-order valence-corrected chi connectivity index (χ1v) is 10.7. The van der Waals surface area contributed by atoms with Crippen LogP contribution < -0.4 is 9.96 Å². The van der Waals surface area contributed by atoms with Crippen LogP contribution >= 0.6 is 11.6 Å². The van der Waals surface area contributed by atoms with E-state index < -0.39 is 39.7 Å². The molecule has 0 saturated carbocycles. The second-order valence-corrected chi connectivity index (χ2v) is 8.37. The van der Waals surface area contributed by atoms with E-state index in [1.54, 1.807) is 24.3 Å². The molecule has 0 aliphatic carbocycles. The van der Waals surface area contributed by atoms with E-state index in [1.807, 2.05) is 0 Å². The Bertz CT molecular complexity index is 1360. The van der Waals surface area contributed by atoms with Gasteiger partial charge in [-0.15, -0.1) is 0 Å². The average molecular weight is 495 g/mol. The number of nitrogens with zero attached hydrogens (tertiary/aromatic N) is 4. The number of halogens is 1. The number of benzene rings is 3. The lowest BCUT2D eigenvalue weighted by Gasteiger charge is -2.28. The maximum atomic E-state index is 13.6. The third-order valence-electron chi connectivity index (χ3n) is 5.94. The second kappa shape index (κ2) is 8.46. The van der Waals surface area contributed by atoms with E-state index in [9.17, 15) is 29.8 Å². The molecule has 2 saturated heterocycles. The number of hydrogen-bond donors (Lipinski definition) is 0. The van der Waals surface area contributed by atoms with Gasteiger partial charge in [0.2, 0.25) is 5.91 Å². The largest absolute Gasteiger partial charge is 0.273 e. The Morgan fingerprint density at radius 3 is 2.09 bits per heavy atom. The first-order valence-electron chi connectivity index (χ1n) is 10.3. The molecule has 0 bridgehead atoms. The smallest absolute Gasteiger partial charge is 0.271 e. The summed E-state index contributed by atoms with van der Waals surface area (Å²) in [4.78, 5) is 54.9. The Balaban J connectivity index is 1.57. The minimum atomic E-state index is -1.20. The molecular formula is C23H15ClN4O7. The molecule has 2 heterocycles. The van der Waals surface area contributed by atoms with Crippen molar-refractivity contribution in [2.24, 2.45) is 5.92 Å². The topological polar surface area (TPSA) is 136 Å². The molecule has 2 aliphatic rings. The maximum absolute atomic E-state index is 13.6. The van der Waals surface area contributed by atoms with Crippen molar-refractivity contribution in [3.63, 3.8) is 0 Å². The molecule has 0 aromatic heterocycles. The Morgan fingerprint density at radius 1 is 0.800 bits per heavy atom. The first kappa shape index (κ1) is 22.4. The third-order valence-corrected chi connectivity index (χ3v) is 6.19. The van der Waals surface area contributed by atoms with Crippen molar-refractivity contribution in [3.8, 4) is 0 Å². The summed E-state index contributed by atoms with van der Waals surface area (Å²) in [5.41, 5.74) is 0.701. The monoisotopic (exact) mass is 494 g/mol. The summed E-state index contributed by atoms with van der Waals surface area (Å²) in [5, 5.41) is 24.2. The van der Waals surface area contributed by atoms with Crippen LogP contribution in [-0.2, 0) is 14.4 Å². The molecule has 11 nitrogen and oxygen atoms in total. The van der Waals surface area contributed by atoms with Crippen molar-refractivity contribution < 1.29 is 24.3 Å². The van der Waals surface area contributed by atoms with Crippen LogP contribution in [0.15, 0.2) is 72.8 Å². The van der Waals surface area contributed by atoms with Crippen LogP contribution in [0.3, 0.4) is 0 Å². The number of amides is 2. The van der Waals surface area contributed by atoms with E-state index in [-0.39, 0.29) is 17.1 Å². The molecule has 2 amide bonds. The van der Waals surface area contributed by atoms with Crippen LogP contribution in [-0.4, -0.2) is 27.8 Å². The molecular weight excluding hydrogens is 480 g/mol.